The maximum Gasteiger partial charge on any atom is 0.141 e. The van der Waals surface area contributed by atoms with Gasteiger partial charge in [0.2, 0.25) is 0 Å². The molecule has 1 aliphatic rings. The Balaban J connectivity index is 0.000000152. The van der Waals surface area contributed by atoms with E-state index in [1.54, 1.807) is 0 Å². The Hall–Kier alpha value is -2.49. The van der Waals surface area contributed by atoms with Gasteiger partial charge in [0.15, 0.2) is 0 Å². The molecule has 0 atom stereocenters. The van der Waals surface area contributed by atoms with Gasteiger partial charge in [-0.15, -0.1) is 0 Å². The van der Waals surface area contributed by atoms with E-state index in [2.05, 4.69) is 35.7 Å². The number of fused-ring (bicyclic) bond motifs is 1. The lowest BCUT2D eigenvalue weighted by atomic mass is 10.1. The summed E-state index contributed by atoms with van der Waals surface area (Å²) in [7, 11) is 0. The third kappa shape index (κ3) is 4.57. The summed E-state index contributed by atoms with van der Waals surface area (Å²) in [6, 6.07) is 11.9. The number of para-hydroxylation sites is 2. The molecule has 4 rings (SSSR count). The molecular formula is C22H27N3O. The number of aryl methyl sites for hydroxylation is 2. The highest BCUT2D eigenvalue weighted by Crippen LogP contribution is 2.28. The molecule has 136 valence electrons. The zero-order chi connectivity index (χ0) is 18.5. The van der Waals surface area contributed by atoms with Crippen LogP contribution >= 0.6 is 0 Å². The molecule has 0 bridgehead atoms. The number of rotatable bonds is 4. The first-order chi connectivity index (χ1) is 12.6. The average Bonchev–Trinajstić information content (AvgIpc) is 3.46. The monoisotopic (exact) mass is 349 g/mol. The van der Waals surface area contributed by atoms with E-state index in [1.165, 1.54) is 12.8 Å². The van der Waals surface area contributed by atoms with E-state index in [-0.39, 0.29) is 0 Å². The van der Waals surface area contributed by atoms with Crippen LogP contribution in [0.2, 0.25) is 0 Å². The van der Waals surface area contributed by atoms with Crippen LogP contribution in [0.15, 0.2) is 42.6 Å². The molecule has 26 heavy (non-hydrogen) atoms. The first-order valence-electron chi connectivity index (χ1n) is 9.42. The topological polar surface area (TPSA) is 47.9 Å². The van der Waals surface area contributed by atoms with Crippen LogP contribution in [0.3, 0.4) is 0 Å². The van der Waals surface area contributed by atoms with Crippen LogP contribution in [-0.4, -0.2) is 21.1 Å². The normalized spacial score (nSPS) is 13.4. The molecule has 0 aliphatic heterocycles. The van der Waals surface area contributed by atoms with Crippen LogP contribution in [0.5, 0.6) is 5.75 Å². The quantitative estimate of drug-likeness (QED) is 0.646. The summed E-state index contributed by atoms with van der Waals surface area (Å²) in [5, 5.41) is 0. The Morgan fingerprint density at radius 2 is 1.73 bits per heavy atom. The van der Waals surface area contributed by atoms with E-state index in [4.69, 9.17) is 4.74 Å². The molecule has 0 unspecified atom stereocenters. The highest BCUT2D eigenvalue weighted by molar-refractivity contribution is 5.74. The summed E-state index contributed by atoms with van der Waals surface area (Å²) >= 11 is 0. The number of hydrogen-bond donors (Lipinski definition) is 0. The van der Waals surface area contributed by atoms with Crippen molar-refractivity contribution in [3.05, 3.63) is 59.7 Å². The fourth-order valence-electron chi connectivity index (χ4n) is 2.81. The summed E-state index contributed by atoms with van der Waals surface area (Å²) in [6.45, 7) is 8.41. The minimum atomic E-state index is 0.437. The molecule has 2 aromatic heterocycles. The summed E-state index contributed by atoms with van der Waals surface area (Å²) in [6.07, 6.45) is 5.65. The van der Waals surface area contributed by atoms with Gasteiger partial charge < -0.3 is 4.74 Å². The van der Waals surface area contributed by atoms with Gasteiger partial charge in [-0.25, -0.2) is 9.97 Å². The average molecular weight is 349 g/mol. The van der Waals surface area contributed by atoms with E-state index >= 15 is 0 Å². The Bertz CT molecular complexity index is 872. The first kappa shape index (κ1) is 18.3. The molecule has 4 heteroatoms. The van der Waals surface area contributed by atoms with Crippen molar-refractivity contribution >= 4 is 11.0 Å². The number of ether oxygens (including phenoxy) is 1. The predicted octanol–water partition coefficient (Wildman–Crippen LogP) is 5.25. The zero-order valence-corrected chi connectivity index (χ0v) is 16.1. The Kier molecular flexibility index (Phi) is 5.82. The van der Waals surface area contributed by atoms with Gasteiger partial charge in [0.25, 0.3) is 0 Å². The van der Waals surface area contributed by atoms with Gasteiger partial charge in [-0.3, -0.25) is 4.98 Å². The Morgan fingerprint density at radius 1 is 1.04 bits per heavy atom. The summed E-state index contributed by atoms with van der Waals surface area (Å²) in [5.74, 6) is 1.41. The molecule has 0 amide bonds. The van der Waals surface area contributed by atoms with E-state index in [9.17, 15) is 0 Å². The van der Waals surface area contributed by atoms with Crippen LogP contribution in [0.1, 0.15) is 56.6 Å². The minimum Gasteiger partial charge on any atom is -0.489 e. The third-order valence-electron chi connectivity index (χ3n) is 4.33. The molecular weight excluding hydrogens is 322 g/mol. The van der Waals surface area contributed by atoms with Crippen molar-refractivity contribution in [3.8, 4) is 5.75 Å². The van der Waals surface area contributed by atoms with Gasteiger partial charge in [0.05, 0.1) is 34.2 Å². The van der Waals surface area contributed by atoms with Gasteiger partial charge in [0, 0.05) is 6.20 Å². The number of hydrogen-bond acceptors (Lipinski definition) is 4. The van der Waals surface area contributed by atoms with Crippen LogP contribution in [-0.2, 0) is 6.42 Å². The van der Waals surface area contributed by atoms with Crippen LogP contribution < -0.4 is 4.74 Å². The van der Waals surface area contributed by atoms with Gasteiger partial charge >= 0.3 is 0 Å². The lowest BCUT2D eigenvalue weighted by molar-refractivity contribution is 0.298. The second-order valence-corrected chi connectivity index (χ2v) is 6.96. The number of benzene rings is 1. The standard InChI is InChI=1S/C12H14N2.C10H13NO/c1-8(2)12-9(3)13-10-6-4-5-7-11(10)14-12;1-2-9-10(4-3-7-11-9)12-8-5-6-8/h4-8H,1-3H3;3-4,7-8H,2,5-6H2,1H3. The molecule has 0 radical (unpaired) electrons. The molecule has 0 saturated heterocycles. The van der Waals surface area contributed by atoms with Crippen molar-refractivity contribution < 1.29 is 4.74 Å². The summed E-state index contributed by atoms with van der Waals surface area (Å²) in [4.78, 5) is 13.4. The third-order valence-corrected chi connectivity index (χ3v) is 4.33. The smallest absolute Gasteiger partial charge is 0.141 e. The van der Waals surface area contributed by atoms with Crippen molar-refractivity contribution in [2.24, 2.45) is 0 Å². The second kappa shape index (κ2) is 8.26. The number of nitrogens with zero attached hydrogens (tertiary/aromatic N) is 3. The largest absolute Gasteiger partial charge is 0.489 e. The predicted molar refractivity (Wildman–Crippen MR) is 106 cm³/mol. The maximum atomic E-state index is 5.68. The molecule has 1 saturated carbocycles. The van der Waals surface area contributed by atoms with Crippen molar-refractivity contribution in [1.82, 2.24) is 15.0 Å². The molecule has 0 spiro atoms. The van der Waals surface area contributed by atoms with Crippen molar-refractivity contribution in [3.63, 3.8) is 0 Å². The highest BCUT2D eigenvalue weighted by Gasteiger charge is 2.24. The van der Waals surface area contributed by atoms with E-state index in [1.807, 2.05) is 49.5 Å². The molecule has 1 fully saturated rings. The first-order valence-corrected chi connectivity index (χ1v) is 9.42. The Morgan fingerprint density at radius 3 is 2.35 bits per heavy atom. The maximum absolute atomic E-state index is 5.68. The minimum absolute atomic E-state index is 0.437. The lowest BCUT2D eigenvalue weighted by Crippen LogP contribution is -2.00. The van der Waals surface area contributed by atoms with E-state index < -0.39 is 0 Å². The van der Waals surface area contributed by atoms with Gasteiger partial charge in [-0.05, 0) is 56.4 Å². The molecule has 4 nitrogen and oxygen atoms in total. The van der Waals surface area contributed by atoms with Crippen LogP contribution in [0.4, 0.5) is 0 Å². The number of pyridine rings is 1. The van der Waals surface area contributed by atoms with Gasteiger partial charge in [0.1, 0.15) is 5.75 Å². The zero-order valence-electron chi connectivity index (χ0n) is 16.1. The van der Waals surface area contributed by atoms with Crippen LogP contribution in [0, 0.1) is 6.92 Å². The van der Waals surface area contributed by atoms with Crippen molar-refractivity contribution in [2.75, 3.05) is 0 Å². The molecule has 0 N–H and O–H groups in total. The van der Waals surface area contributed by atoms with Gasteiger partial charge in [-0.1, -0.05) is 32.9 Å². The Labute approximate surface area is 155 Å². The fourth-order valence-corrected chi connectivity index (χ4v) is 2.81. The van der Waals surface area contributed by atoms with Gasteiger partial charge in [-0.2, -0.15) is 0 Å². The van der Waals surface area contributed by atoms with Crippen LogP contribution in [0.25, 0.3) is 11.0 Å². The molecule has 2 heterocycles. The molecule has 1 aromatic carbocycles. The van der Waals surface area contributed by atoms with E-state index in [0.717, 1.165) is 40.3 Å². The lowest BCUT2D eigenvalue weighted by Gasteiger charge is -2.08. The van der Waals surface area contributed by atoms with E-state index in [0.29, 0.717) is 12.0 Å². The molecule has 3 aromatic rings. The SMILES string of the molecule is CCc1ncccc1OC1CC1.Cc1nc2ccccc2nc1C(C)C. The molecule has 1 aliphatic carbocycles. The fraction of sp³-hybridized carbons (Fsp3) is 0.409. The van der Waals surface area contributed by atoms with Crippen molar-refractivity contribution in [2.45, 2.75) is 59.0 Å². The second-order valence-electron chi connectivity index (χ2n) is 6.96. The highest BCUT2D eigenvalue weighted by atomic mass is 16.5. The summed E-state index contributed by atoms with van der Waals surface area (Å²) < 4.78 is 5.68. The van der Waals surface area contributed by atoms with Crippen molar-refractivity contribution in [1.29, 1.82) is 0 Å². The number of aromatic nitrogens is 3. The summed E-state index contributed by atoms with van der Waals surface area (Å²) in [5.41, 5.74) is 5.18.